The number of fused-ring (bicyclic) bond motifs is 3. The lowest BCUT2D eigenvalue weighted by Gasteiger charge is -2.19. The fraction of sp³-hybridized carbons (Fsp3) is 0.393. The van der Waals surface area contributed by atoms with E-state index in [-0.39, 0.29) is 36.4 Å². The van der Waals surface area contributed by atoms with Gasteiger partial charge < -0.3 is 20.1 Å². The molecule has 0 aromatic heterocycles. The van der Waals surface area contributed by atoms with E-state index in [9.17, 15) is 19.5 Å². The van der Waals surface area contributed by atoms with E-state index >= 15 is 0 Å². The molecule has 1 saturated carbocycles. The van der Waals surface area contributed by atoms with Gasteiger partial charge in [-0.1, -0.05) is 54.6 Å². The number of carboxylic acid groups (broad SMARTS) is 1. The van der Waals surface area contributed by atoms with Crippen molar-refractivity contribution >= 4 is 18.0 Å². The number of alkyl carbamates (subject to hydrolysis) is 1. The van der Waals surface area contributed by atoms with Crippen LogP contribution >= 0.6 is 0 Å². The number of carbonyl (C=O) groups is 3. The Labute approximate surface area is 203 Å². The topological polar surface area (TPSA) is 95.9 Å². The molecule has 35 heavy (non-hydrogen) atoms. The Morgan fingerprint density at radius 2 is 1.69 bits per heavy atom. The molecule has 4 aliphatic rings. The van der Waals surface area contributed by atoms with Crippen molar-refractivity contribution in [3.63, 3.8) is 0 Å². The number of nitrogens with zero attached hydrogens (tertiary/aromatic N) is 1. The largest absolute Gasteiger partial charge is 0.481 e. The van der Waals surface area contributed by atoms with Crippen molar-refractivity contribution in [3.05, 3.63) is 71.3 Å². The van der Waals surface area contributed by atoms with E-state index in [1.165, 1.54) is 11.1 Å². The van der Waals surface area contributed by atoms with Crippen molar-refractivity contribution in [2.24, 2.45) is 11.3 Å². The molecule has 1 spiro atoms. The number of carboxylic acids is 1. The minimum absolute atomic E-state index is 0.000848. The fourth-order valence-electron chi connectivity index (χ4n) is 6.14. The lowest BCUT2D eigenvalue weighted by Crippen LogP contribution is -2.36. The van der Waals surface area contributed by atoms with Gasteiger partial charge in [0.1, 0.15) is 6.61 Å². The molecule has 1 heterocycles. The second-order valence-electron chi connectivity index (χ2n) is 10.3. The number of ether oxygens (including phenoxy) is 1. The van der Waals surface area contributed by atoms with Crippen molar-refractivity contribution in [2.45, 2.75) is 37.6 Å². The summed E-state index contributed by atoms with van der Waals surface area (Å²) in [6.45, 7) is 1.04. The standard InChI is InChI=1S/C28H28N2O5/c31-25(30-14-24(26(32)33)28(16-30)11-12-28)17-9-10-18(13-17)29-27(34)35-15-23-21-7-3-1-5-19(21)20-6-2-4-8-22(20)23/h1-9,18,23-24H,10-16H2,(H,29,34)(H,32,33). The maximum atomic E-state index is 13.0. The molecule has 3 aliphatic carbocycles. The van der Waals surface area contributed by atoms with Gasteiger partial charge in [0.2, 0.25) is 5.91 Å². The van der Waals surface area contributed by atoms with Gasteiger partial charge in [-0.25, -0.2) is 4.79 Å². The molecule has 2 aromatic carbocycles. The average molecular weight is 473 g/mol. The number of hydrogen-bond acceptors (Lipinski definition) is 4. The zero-order valence-electron chi connectivity index (χ0n) is 19.4. The van der Waals surface area contributed by atoms with Gasteiger partial charge in [0.25, 0.3) is 0 Å². The minimum Gasteiger partial charge on any atom is -0.481 e. The molecular weight excluding hydrogens is 444 g/mol. The first-order chi connectivity index (χ1) is 16.9. The molecule has 2 fully saturated rings. The van der Waals surface area contributed by atoms with Crippen LogP contribution in [0.15, 0.2) is 60.2 Å². The molecule has 2 N–H and O–H groups in total. The summed E-state index contributed by atoms with van der Waals surface area (Å²) in [5.74, 6) is -1.38. The van der Waals surface area contributed by atoms with E-state index in [4.69, 9.17) is 4.74 Å². The minimum atomic E-state index is -0.812. The van der Waals surface area contributed by atoms with E-state index in [1.54, 1.807) is 4.90 Å². The molecule has 0 radical (unpaired) electrons. The lowest BCUT2D eigenvalue weighted by atomic mass is 9.93. The predicted octanol–water partition coefficient (Wildman–Crippen LogP) is 3.94. The predicted molar refractivity (Wildman–Crippen MR) is 129 cm³/mol. The van der Waals surface area contributed by atoms with Gasteiger partial charge in [-0.2, -0.15) is 0 Å². The van der Waals surface area contributed by atoms with Crippen molar-refractivity contribution in [2.75, 3.05) is 19.7 Å². The second kappa shape index (κ2) is 8.26. The highest BCUT2D eigenvalue weighted by atomic mass is 16.5. The zero-order chi connectivity index (χ0) is 24.2. The van der Waals surface area contributed by atoms with E-state index < -0.39 is 18.0 Å². The van der Waals surface area contributed by atoms with Gasteiger partial charge in [-0.05, 0) is 47.9 Å². The number of nitrogens with one attached hydrogen (secondary N) is 1. The third-order valence-corrected chi connectivity index (χ3v) is 8.18. The van der Waals surface area contributed by atoms with Crippen LogP contribution in [0.2, 0.25) is 0 Å². The molecule has 1 saturated heterocycles. The van der Waals surface area contributed by atoms with Crippen molar-refractivity contribution in [1.29, 1.82) is 0 Å². The van der Waals surface area contributed by atoms with Crippen LogP contribution in [-0.4, -0.2) is 53.7 Å². The van der Waals surface area contributed by atoms with E-state index in [1.807, 2.05) is 30.3 Å². The molecule has 2 atom stereocenters. The van der Waals surface area contributed by atoms with E-state index in [0.717, 1.165) is 24.0 Å². The van der Waals surface area contributed by atoms with Crippen LogP contribution in [0.3, 0.4) is 0 Å². The van der Waals surface area contributed by atoms with Gasteiger partial charge in [0.15, 0.2) is 0 Å². The number of amides is 2. The first-order valence-electron chi connectivity index (χ1n) is 12.3. The summed E-state index contributed by atoms with van der Waals surface area (Å²) >= 11 is 0. The highest BCUT2D eigenvalue weighted by Gasteiger charge is 2.59. The molecule has 180 valence electrons. The molecule has 2 amide bonds. The van der Waals surface area contributed by atoms with Crippen molar-refractivity contribution < 1.29 is 24.2 Å². The summed E-state index contributed by atoms with van der Waals surface area (Å²) < 4.78 is 5.64. The Bertz CT molecular complexity index is 1200. The van der Waals surface area contributed by atoms with Crippen LogP contribution < -0.4 is 5.32 Å². The van der Waals surface area contributed by atoms with Crippen LogP contribution in [0.4, 0.5) is 4.79 Å². The Morgan fingerprint density at radius 1 is 1.03 bits per heavy atom. The summed E-state index contributed by atoms with van der Waals surface area (Å²) in [4.78, 5) is 38.9. The van der Waals surface area contributed by atoms with Crippen molar-refractivity contribution in [1.82, 2.24) is 10.2 Å². The number of likely N-dealkylation sites (tertiary alicyclic amines) is 1. The van der Waals surface area contributed by atoms with Gasteiger partial charge >= 0.3 is 12.1 Å². The SMILES string of the molecule is O=C(NC1CC=C(C(=O)N2CC(C(=O)O)C3(CC3)C2)C1)OCC1c2ccccc2-c2ccccc21. The molecule has 7 heteroatoms. The summed E-state index contributed by atoms with van der Waals surface area (Å²) in [5, 5.41) is 12.4. The van der Waals surface area contributed by atoms with Crippen LogP contribution in [0.1, 0.15) is 42.7 Å². The monoisotopic (exact) mass is 472 g/mol. The Balaban J connectivity index is 1.03. The number of carbonyl (C=O) groups excluding carboxylic acids is 2. The normalized spacial score (nSPS) is 23.5. The molecular formula is C28H28N2O5. The number of rotatable bonds is 5. The van der Waals surface area contributed by atoms with E-state index in [2.05, 4.69) is 29.6 Å². The average Bonchev–Trinajstić information content (AvgIpc) is 3.18. The maximum absolute atomic E-state index is 13.0. The third kappa shape index (κ3) is 3.79. The second-order valence-corrected chi connectivity index (χ2v) is 10.3. The van der Waals surface area contributed by atoms with Gasteiger partial charge in [0.05, 0.1) is 5.92 Å². The molecule has 2 aromatic rings. The summed E-state index contributed by atoms with van der Waals surface area (Å²) in [6.07, 6.45) is 4.13. The number of hydrogen-bond donors (Lipinski definition) is 2. The van der Waals surface area contributed by atoms with Gasteiger partial charge in [-0.15, -0.1) is 0 Å². The van der Waals surface area contributed by atoms with Crippen LogP contribution in [0.25, 0.3) is 11.1 Å². The highest BCUT2D eigenvalue weighted by Crippen LogP contribution is 2.56. The Kier molecular flexibility index (Phi) is 5.16. The molecule has 7 nitrogen and oxygen atoms in total. The lowest BCUT2D eigenvalue weighted by molar-refractivity contribution is -0.143. The quantitative estimate of drug-likeness (QED) is 0.687. The summed E-state index contributed by atoms with van der Waals surface area (Å²) in [5.41, 5.74) is 5.11. The van der Waals surface area contributed by atoms with Crippen LogP contribution in [-0.2, 0) is 14.3 Å². The Hall–Kier alpha value is -3.61. The maximum Gasteiger partial charge on any atom is 0.407 e. The molecule has 1 aliphatic heterocycles. The summed E-state index contributed by atoms with van der Waals surface area (Å²) in [6, 6.07) is 16.2. The van der Waals surface area contributed by atoms with E-state index in [0.29, 0.717) is 25.0 Å². The van der Waals surface area contributed by atoms with Crippen molar-refractivity contribution in [3.8, 4) is 11.1 Å². The smallest absolute Gasteiger partial charge is 0.407 e. The fourth-order valence-corrected chi connectivity index (χ4v) is 6.14. The number of benzene rings is 2. The first-order valence-corrected chi connectivity index (χ1v) is 12.3. The van der Waals surface area contributed by atoms with Crippen LogP contribution in [0.5, 0.6) is 0 Å². The molecule has 6 rings (SSSR count). The molecule has 0 bridgehead atoms. The van der Waals surface area contributed by atoms with Crippen LogP contribution in [0, 0.1) is 11.3 Å². The zero-order valence-corrected chi connectivity index (χ0v) is 19.4. The third-order valence-electron chi connectivity index (χ3n) is 8.18. The highest BCUT2D eigenvalue weighted by molar-refractivity contribution is 5.95. The number of aliphatic carboxylic acids is 1. The summed E-state index contributed by atoms with van der Waals surface area (Å²) in [7, 11) is 0. The Morgan fingerprint density at radius 3 is 2.29 bits per heavy atom. The van der Waals surface area contributed by atoms with Gasteiger partial charge in [-0.3, -0.25) is 9.59 Å². The van der Waals surface area contributed by atoms with Gasteiger partial charge in [0, 0.05) is 36.0 Å². The molecule has 2 unspecified atom stereocenters. The first kappa shape index (κ1) is 21.9.